The summed E-state index contributed by atoms with van der Waals surface area (Å²) in [6, 6.07) is 5.85. The molecule has 0 amide bonds. The number of aromatic nitrogens is 2. The molecule has 0 radical (unpaired) electrons. The number of benzene rings is 1. The van der Waals surface area contributed by atoms with Gasteiger partial charge in [0.25, 0.3) is 5.56 Å². The highest BCUT2D eigenvalue weighted by atomic mass is 16.5. The monoisotopic (exact) mass is 310 g/mol. The number of rotatable bonds is 1. The van der Waals surface area contributed by atoms with Gasteiger partial charge in [-0.2, -0.15) is 0 Å². The standard InChI is InChI=1S/C17H14N2O4/c1-23-17(22)13-15(20)11-3-2-8-9-6-7-18-12(9)5-4-10(8)14(11)19-16(13)21/h4-7,18H,2-3H2,1H3,(H2,19,20,21). The number of aryl methyl sites for hydroxylation is 1. The van der Waals surface area contributed by atoms with Crippen molar-refractivity contribution in [3.05, 3.63) is 51.4 Å². The fourth-order valence-corrected chi connectivity index (χ4v) is 3.34. The van der Waals surface area contributed by atoms with Crippen LogP contribution in [0.2, 0.25) is 0 Å². The molecule has 3 aromatic rings. The minimum absolute atomic E-state index is 0.282. The van der Waals surface area contributed by atoms with Gasteiger partial charge in [-0.3, -0.25) is 4.79 Å². The number of carbonyl (C=O) groups excluding carboxylic acids is 1. The van der Waals surface area contributed by atoms with Crippen LogP contribution in [0.25, 0.3) is 22.2 Å². The van der Waals surface area contributed by atoms with Gasteiger partial charge in [0, 0.05) is 28.2 Å². The number of fused-ring (bicyclic) bond motifs is 5. The maximum atomic E-state index is 12.2. The third-order valence-corrected chi connectivity index (χ3v) is 4.42. The highest BCUT2D eigenvalue weighted by Gasteiger charge is 2.27. The summed E-state index contributed by atoms with van der Waals surface area (Å²) in [5.41, 5.74) is 3.20. The van der Waals surface area contributed by atoms with Crippen LogP contribution in [0.1, 0.15) is 21.5 Å². The van der Waals surface area contributed by atoms with Crippen molar-refractivity contribution >= 4 is 16.9 Å². The average molecular weight is 310 g/mol. The SMILES string of the molecule is COC(=O)c1c(O)c2c([nH]c1=O)-c1ccc3[nH]ccc3c1CC2. The number of esters is 1. The molecule has 0 atom stereocenters. The van der Waals surface area contributed by atoms with Gasteiger partial charge in [0.15, 0.2) is 5.56 Å². The number of aromatic amines is 2. The van der Waals surface area contributed by atoms with Gasteiger partial charge >= 0.3 is 5.97 Å². The van der Waals surface area contributed by atoms with E-state index in [2.05, 4.69) is 14.7 Å². The van der Waals surface area contributed by atoms with E-state index in [4.69, 9.17) is 0 Å². The first-order valence-electron chi connectivity index (χ1n) is 7.27. The molecule has 0 saturated carbocycles. The van der Waals surface area contributed by atoms with E-state index in [1.165, 1.54) is 7.11 Å². The third kappa shape index (κ3) is 1.81. The summed E-state index contributed by atoms with van der Waals surface area (Å²) in [5.74, 6) is -1.12. The van der Waals surface area contributed by atoms with Crippen molar-refractivity contribution in [1.29, 1.82) is 0 Å². The minimum atomic E-state index is -0.835. The van der Waals surface area contributed by atoms with Crippen molar-refractivity contribution in [2.75, 3.05) is 7.11 Å². The molecule has 0 saturated heterocycles. The summed E-state index contributed by atoms with van der Waals surface area (Å²) >= 11 is 0. The number of nitrogens with one attached hydrogen (secondary N) is 2. The molecule has 23 heavy (non-hydrogen) atoms. The van der Waals surface area contributed by atoms with Crippen molar-refractivity contribution < 1.29 is 14.6 Å². The molecule has 6 heteroatoms. The van der Waals surface area contributed by atoms with Gasteiger partial charge < -0.3 is 19.8 Å². The lowest BCUT2D eigenvalue weighted by molar-refractivity contribution is 0.0595. The smallest absolute Gasteiger partial charge is 0.347 e. The van der Waals surface area contributed by atoms with Crippen LogP contribution in [0.15, 0.2) is 29.2 Å². The van der Waals surface area contributed by atoms with Gasteiger partial charge in [-0.25, -0.2) is 4.79 Å². The Morgan fingerprint density at radius 3 is 2.78 bits per heavy atom. The van der Waals surface area contributed by atoms with Crippen LogP contribution in [-0.2, 0) is 17.6 Å². The summed E-state index contributed by atoms with van der Waals surface area (Å²) in [4.78, 5) is 29.8. The van der Waals surface area contributed by atoms with Crippen molar-refractivity contribution in [3.8, 4) is 17.0 Å². The number of ether oxygens (including phenoxy) is 1. The Bertz CT molecular complexity index is 1010. The second-order valence-corrected chi connectivity index (χ2v) is 5.55. The van der Waals surface area contributed by atoms with Crippen LogP contribution in [0.5, 0.6) is 5.75 Å². The van der Waals surface area contributed by atoms with Gasteiger partial charge in [0.05, 0.1) is 12.8 Å². The Morgan fingerprint density at radius 2 is 2.00 bits per heavy atom. The number of methoxy groups -OCH3 is 1. The molecule has 3 N–H and O–H groups in total. The Hall–Kier alpha value is -3.02. The van der Waals surface area contributed by atoms with Crippen LogP contribution in [0.3, 0.4) is 0 Å². The zero-order valence-electron chi connectivity index (χ0n) is 12.4. The summed E-state index contributed by atoms with van der Waals surface area (Å²) in [6.07, 6.45) is 3.14. The Morgan fingerprint density at radius 1 is 1.22 bits per heavy atom. The fraction of sp³-hybridized carbons (Fsp3) is 0.176. The maximum Gasteiger partial charge on any atom is 0.347 e. The minimum Gasteiger partial charge on any atom is -0.506 e. The van der Waals surface area contributed by atoms with E-state index >= 15 is 0 Å². The molecule has 0 aliphatic heterocycles. The number of hydrogen-bond acceptors (Lipinski definition) is 4. The molecule has 6 nitrogen and oxygen atoms in total. The fourth-order valence-electron chi connectivity index (χ4n) is 3.34. The summed E-state index contributed by atoms with van der Waals surface area (Å²) in [5, 5.41) is 11.5. The van der Waals surface area contributed by atoms with Gasteiger partial charge in [0.2, 0.25) is 0 Å². The Balaban J connectivity index is 2.02. The second-order valence-electron chi connectivity index (χ2n) is 5.55. The molecule has 0 spiro atoms. The highest BCUT2D eigenvalue weighted by Crippen LogP contribution is 2.39. The molecule has 0 unspecified atom stereocenters. The number of H-pyrrole nitrogens is 2. The van der Waals surface area contributed by atoms with Gasteiger partial charge in [-0.15, -0.1) is 0 Å². The second kappa shape index (κ2) is 4.74. The van der Waals surface area contributed by atoms with E-state index in [1.54, 1.807) is 0 Å². The zero-order chi connectivity index (χ0) is 16.1. The lowest BCUT2D eigenvalue weighted by Gasteiger charge is -2.22. The van der Waals surface area contributed by atoms with E-state index < -0.39 is 11.5 Å². The number of carbonyl (C=O) groups is 1. The van der Waals surface area contributed by atoms with E-state index in [9.17, 15) is 14.7 Å². The molecule has 1 aromatic carbocycles. The van der Waals surface area contributed by atoms with Crippen LogP contribution in [0, 0.1) is 0 Å². The van der Waals surface area contributed by atoms with E-state index in [0.717, 1.165) is 28.5 Å². The lowest BCUT2D eigenvalue weighted by Crippen LogP contribution is -2.22. The predicted molar refractivity (Wildman–Crippen MR) is 84.8 cm³/mol. The molecular formula is C17H14N2O4. The summed E-state index contributed by atoms with van der Waals surface area (Å²) in [6.45, 7) is 0. The summed E-state index contributed by atoms with van der Waals surface area (Å²) in [7, 11) is 1.18. The molecule has 1 aliphatic carbocycles. The molecule has 0 bridgehead atoms. The summed E-state index contributed by atoms with van der Waals surface area (Å²) < 4.78 is 4.58. The maximum absolute atomic E-state index is 12.2. The van der Waals surface area contributed by atoms with Crippen LogP contribution in [0.4, 0.5) is 0 Å². The number of hydrogen-bond donors (Lipinski definition) is 3. The number of pyridine rings is 1. The first kappa shape index (κ1) is 13.6. The predicted octanol–water partition coefficient (Wildman–Crippen LogP) is 2.11. The lowest BCUT2D eigenvalue weighted by atomic mass is 9.86. The first-order chi connectivity index (χ1) is 11.1. The third-order valence-electron chi connectivity index (χ3n) is 4.42. The van der Waals surface area contributed by atoms with Crippen LogP contribution in [-0.4, -0.2) is 28.2 Å². The topological polar surface area (TPSA) is 95.2 Å². The van der Waals surface area contributed by atoms with E-state index in [1.807, 2.05) is 24.4 Å². The molecule has 0 fully saturated rings. The van der Waals surface area contributed by atoms with Crippen molar-refractivity contribution in [1.82, 2.24) is 9.97 Å². The number of aromatic hydroxyl groups is 1. The average Bonchev–Trinajstić information content (AvgIpc) is 3.03. The van der Waals surface area contributed by atoms with Gasteiger partial charge in [-0.1, -0.05) is 6.07 Å². The van der Waals surface area contributed by atoms with Gasteiger partial charge in [0.1, 0.15) is 5.75 Å². The largest absolute Gasteiger partial charge is 0.506 e. The first-order valence-corrected chi connectivity index (χ1v) is 7.27. The molecule has 116 valence electrons. The molecular weight excluding hydrogens is 296 g/mol. The van der Waals surface area contributed by atoms with Crippen molar-refractivity contribution in [2.24, 2.45) is 0 Å². The molecule has 1 aliphatic rings. The molecule has 2 aromatic heterocycles. The van der Waals surface area contributed by atoms with Crippen molar-refractivity contribution in [2.45, 2.75) is 12.8 Å². The Labute approximate surface area is 130 Å². The van der Waals surface area contributed by atoms with E-state index in [0.29, 0.717) is 17.7 Å². The van der Waals surface area contributed by atoms with Crippen LogP contribution >= 0.6 is 0 Å². The van der Waals surface area contributed by atoms with Crippen molar-refractivity contribution in [3.63, 3.8) is 0 Å². The van der Waals surface area contributed by atoms with E-state index in [-0.39, 0.29) is 11.3 Å². The normalized spacial score (nSPS) is 12.7. The molecule has 2 heterocycles. The molecule has 4 rings (SSSR count). The van der Waals surface area contributed by atoms with Crippen LogP contribution < -0.4 is 5.56 Å². The zero-order valence-corrected chi connectivity index (χ0v) is 12.4. The quantitative estimate of drug-likeness (QED) is 0.600. The van der Waals surface area contributed by atoms with Gasteiger partial charge in [-0.05, 0) is 30.5 Å². The Kier molecular flexibility index (Phi) is 2.81. The highest BCUT2D eigenvalue weighted by molar-refractivity contribution is 5.95.